The second kappa shape index (κ2) is 6.05. The summed E-state index contributed by atoms with van der Waals surface area (Å²) in [6, 6.07) is 3.19. The fraction of sp³-hybridized carbons (Fsp3) is 0.400. The van der Waals surface area contributed by atoms with Crippen LogP contribution in [0.5, 0.6) is 0 Å². The highest BCUT2D eigenvalue weighted by Crippen LogP contribution is 2.22. The monoisotopic (exact) mass is 233 g/mol. The van der Waals surface area contributed by atoms with Crippen molar-refractivity contribution < 1.29 is 13.5 Å². The zero-order chi connectivity index (χ0) is 11.3. The van der Waals surface area contributed by atoms with Crippen LogP contribution >= 0.6 is 11.8 Å². The number of ether oxygens (including phenoxy) is 1. The number of hydrogen-bond acceptors (Lipinski definition) is 3. The van der Waals surface area contributed by atoms with E-state index in [-0.39, 0.29) is 10.9 Å². The minimum atomic E-state index is -0.445. The van der Waals surface area contributed by atoms with E-state index in [0.29, 0.717) is 12.4 Å². The van der Waals surface area contributed by atoms with Crippen molar-refractivity contribution >= 4 is 11.8 Å². The third kappa shape index (κ3) is 4.15. The molecule has 5 heteroatoms. The lowest BCUT2D eigenvalue weighted by Gasteiger charge is -2.10. The summed E-state index contributed by atoms with van der Waals surface area (Å²) in [5, 5.41) is 0. The van der Waals surface area contributed by atoms with E-state index in [0.717, 1.165) is 12.1 Å². The molecule has 0 amide bonds. The standard InChI is InChI=1S/C10H13F2NOS/c1-14-5-8(13)6-15-10-4-7(11)2-3-9(10)12/h2-4,8H,5-6,13H2,1H3. The fourth-order valence-corrected chi connectivity index (χ4v) is 1.94. The van der Waals surface area contributed by atoms with Gasteiger partial charge in [0.15, 0.2) is 0 Å². The van der Waals surface area contributed by atoms with E-state index in [9.17, 15) is 8.78 Å². The molecule has 1 aromatic carbocycles. The molecule has 0 radical (unpaired) electrons. The number of nitrogens with two attached hydrogens (primary N) is 1. The van der Waals surface area contributed by atoms with Crippen molar-refractivity contribution in [2.45, 2.75) is 10.9 Å². The molecule has 2 nitrogen and oxygen atoms in total. The molecular weight excluding hydrogens is 220 g/mol. The first-order valence-corrected chi connectivity index (χ1v) is 5.44. The van der Waals surface area contributed by atoms with Crippen molar-refractivity contribution in [3.05, 3.63) is 29.8 Å². The molecule has 84 valence electrons. The van der Waals surface area contributed by atoms with Crippen LogP contribution in [0, 0.1) is 11.6 Å². The molecule has 1 rings (SSSR count). The number of rotatable bonds is 5. The van der Waals surface area contributed by atoms with Crippen LogP contribution < -0.4 is 5.73 Å². The molecule has 15 heavy (non-hydrogen) atoms. The molecule has 2 N–H and O–H groups in total. The Hall–Kier alpha value is -0.650. The van der Waals surface area contributed by atoms with Gasteiger partial charge in [-0.25, -0.2) is 8.78 Å². The van der Waals surface area contributed by atoms with Crippen LogP contribution in [0.15, 0.2) is 23.1 Å². The molecule has 0 heterocycles. The molecule has 1 unspecified atom stereocenters. The quantitative estimate of drug-likeness (QED) is 0.790. The summed E-state index contributed by atoms with van der Waals surface area (Å²) in [6.07, 6.45) is 0. The van der Waals surface area contributed by atoms with E-state index in [1.54, 1.807) is 7.11 Å². The smallest absolute Gasteiger partial charge is 0.136 e. The lowest BCUT2D eigenvalue weighted by atomic mass is 10.3. The molecule has 1 aromatic rings. The van der Waals surface area contributed by atoms with Crippen LogP contribution in [0.2, 0.25) is 0 Å². The lowest BCUT2D eigenvalue weighted by Crippen LogP contribution is -2.28. The Morgan fingerprint density at radius 2 is 2.20 bits per heavy atom. The molecule has 0 aliphatic heterocycles. The maximum Gasteiger partial charge on any atom is 0.136 e. The molecule has 0 fully saturated rings. The second-order valence-electron chi connectivity index (χ2n) is 3.10. The minimum absolute atomic E-state index is 0.178. The van der Waals surface area contributed by atoms with Crippen molar-refractivity contribution in [1.82, 2.24) is 0 Å². The number of thioether (sulfide) groups is 1. The Labute approximate surface area is 91.8 Å². The van der Waals surface area contributed by atoms with Crippen LogP contribution in [0.25, 0.3) is 0 Å². The predicted octanol–water partition coefficient (Wildman–Crippen LogP) is 2.03. The van der Waals surface area contributed by atoms with Crippen LogP contribution in [-0.2, 0) is 4.74 Å². The topological polar surface area (TPSA) is 35.2 Å². The minimum Gasteiger partial charge on any atom is -0.383 e. The first-order valence-electron chi connectivity index (χ1n) is 4.46. The summed E-state index contributed by atoms with van der Waals surface area (Å²) in [5.41, 5.74) is 5.66. The summed E-state index contributed by atoms with van der Waals surface area (Å²) >= 11 is 1.19. The third-order valence-electron chi connectivity index (χ3n) is 1.73. The van der Waals surface area contributed by atoms with Gasteiger partial charge < -0.3 is 10.5 Å². The van der Waals surface area contributed by atoms with Gasteiger partial charge in [0.05, 0.1) is 6.61 Å². The molecule has 0 saturated heterocycles. The van der Waals surface area contributed by atoms with Crippen molar-refractivity contribution in [3.8, 4) is 0 Å². The van der Waals surface area contributed by atoms with Crippen LogP contribution in [0.1, 0.15) is 0 Å². The Kier molecular flexibility index (Phi) is 5.01. The average molecular weight is 233 g/mol. The first kappa shape index (κ1) is 12.4. The SMILES string of the molecule is COCC(N)CSc1cc(F)ccc1F. The van der Waals surface area contributed by atoms with E-state index in [1.165, 1.54) is 17.8 Å². The summed E-state index contributed by atoms with van der Waals surface area (Å²) in [6.45, 7) is 0.407. The maximum atomic E-state index is 13.1. The predicted molar refractivity (Wildman–Crippen MR) is 56.9 cm³/mol. The zero-order valence-corrected chi connectivity index (χ0v) is 9.19. The van der Waals surface area contributed by atoms with Gasteiger partial charge in [-0.05, 0) is 18.2 Å². The van der Waals surface area contributed by atoms with Crippen LogP contribution in [0.3, 0.4) is 0 Å². The normalized spacial score (nSPS) is 12.8. The Bertz CT molecular complexity index is 322. The number of benzene rings is 1. The van der Waals surface area contributed by atoms with E-state index in [1.807, 2.05) is 0 Å². The van der Waals surface area contributed by atoms with Gasteiger partial charge in [0.2, 0.25) is 0 Å². The molecule has 0 saturated carbocycles. The number of methoxy groups -OCH3 is 1. The van der Waals surface area contributed by atoms with Gasteiger partial charge in [0.1, 0.15) is 11.6 Å². The van der Waals surface area contributed by atoms with Crippen LogP contribution in [-0.4, -0.2) is 25.5 Å². The van der Waals surface area contributed by atoms with Gasteiger partial charge in [-0.1, -0.05) is 0 Å². The number of hydrogen-bond donors (Lipinski definition) is 1. The van der Waals surface area contributed by atoms with Gasteiger partial charge >= 0.3 is 0 Å². The molecule has 1 atom stereocenters. The molecular formula is C10H13F2NOS. The van der Waals surface area contributed by atoms with Crippen molar-refractivity contribution in [2.75, 3.05) is 19.5 Å². The second-order valence-corrected chi connectivity index (χ2v) is 4.16. The number of halogens is 2. The van der Waals surface area contributed by atoms with E-state index in [2.05, 4.69) is 0 Å². The maximum absolute atomic E-state index is 13.1. The van der Waals surface area contributed by atoms with E-state index < -0.39 is 11.6 Å². The zero-order valence-electron chi connectivity index (χ0n) is 8.37. The Morgan fingerprint density at radius 3 is 2.87 bits per heavy atom. The largest absolute Gasteiger partial charge is 0.383 e. The molecule has 0 aliphatic carbocycles. The molecule has 0 bridgehead atoms. The molecule has 0 spiro atoms. The Balaban J connectivity index is 2.53. The van der Waals surface area contributed by atoms with Crippen molar-refractivity contribution in [1.29, 1.82) is 0 Å². The highest BCUT2D eigenvalue weighted by atomic mass is 32.2. The van der Waals surface area contributed by atoms with Gasteiger partial charge in [-0.3, -0.25) is 0 Å². The third-order valence-corrected chi connectivity index (χ3v) is 2.95. The lowest BCUT2D eigenvalue weighted by molar-refractivity contribution is 0.186. The summed E-state index contributed by atoms with van der Waals surface area (Å²) in [7, 11) is 1.55. The fourth-order valence-electron chi connectivity index (χ4n) is 1.05. The van der Waals surface area contributed by atoms with Gasteiger partial charge in [0.25, 0.3) is 0 Å². The molecule has 0 aromatic heterocycles. The first-order chi connectivity index (χ1) is 7.13. The molecule has 0 aliphatic rings. The summed E-state index contributed by atoms with van der Waals surface area (Å²) in [5.74, 6) is -0.376. The van der Waals surface area contributed by atoms with E-state index >= 15 is 0 Å². The highest BCUT2D eigenvalue weighted by Gasteiger charge is 2.07. The Morgan fingerprint density at radius 1 is 1.47 bits per heavy atom. The van der Waals surface area contributed by atoms with Crippen molar-refractivity contribution in [3.63, 3.8) is 0 Å². The van der Waals surface area contributed by atoms with Crippen molar-refractivity contribution in [2.24, 2.45) is 5.73 Å². The van der Waals surface area contributed by atoms with E-state index in [4.69, 9.17) is 10.5 Å². The summed E-state index contributed by atoms with van der Waals surface area (Å²) < 4.78 is 30.8. The van der Waals surface area contributed by atoms with Gasteiger partial charge in [-0.15, -0.1) is 11.8 Å². The highest BCUT2D eigenvalue weighted by molar-refractivity contribution is 7.99. The van der Waals surface area contributed by atoms with Crippen LogP contribution in [0.4, 0.5) is 8.78 Å². The average Bonchev–Trinajstić information content (AvgIpc) is 2.20. The summed E-state index contributed by atoms with van der Waals surface area (Å²) in [4.78, 5) is 0.279. The van der Waals surface area contributed by atoms with Gasteiger partial charge in [-0.2, -0.15) is 0 Å². The van der Waals surface area contributed by atoms with Gasteiger partial charge in [0, 0.05) is 23.8 Å².